The monoisotopic (exact) mass is 144 g/mol. The van der Waals surface area contributed by atoms with E-state index in [2.05, 4.69) is 12.0 Å². The van der Waals surface area contributed by atoms with E-state index in [-0.39, 0.29) is 0 Å². The van der Waals surface area contributed by atoms with Gasteiger partial charge in [0, 0.05) is 5.39 Å². The van der Waals surface area contributed by atoms with Gasteiger partial charge in [-0.05, 0) is 19.3 Å². The molecule has 11 heavy (non-hydrogen) atoms. The molecular weight excluding hydrogens is 136 g/mol. The number of hydrogen-bond acceptors (Lipinski definition) is 1. The minimum absolute atomic E-state index is 0.912. The maximum atomic E-state index is 4.18. The Hall–Kier alpha value is -1.57. The summed E-state index contributed by atoms with van der Waals surface area (Å²) in [5.74, 6) is 0. The molecule has 0 saturated heterocycles. The van der Waals surface area contributed by atoms with Crippen LogP contribution in [0.5, 0.6) is 0 Å². The van der Waals surface area contributed by atoms with Crippen molar-refractivity contribution in [3.05, 3.63) is 43.7 Å². The van der Waals surface area contributed by atoms with Gasteiger partial charge < -0.3 is 4.57 Å². The number of pyridine rings is 2. The van der Waals surface area contributed by atoms with Crippen LogP contribution in [0.15, 0.2) is 36.7 Å². The van der Waals surface area contributed by atoms with E-state index in [0.29, 0.717) is 0 Å². The molecule has 0 fully saturated rings. The molecule has 0 aliphatic rings. The topological polar surface area (TPSA) is 16.8 Å². The summed E-state index contributed by atoms with van der Waals surface area (Å²) in [6, 6.07) is 7.91. The second kappa shape index (κ2) is 2.23. The summed E-state index contributed by atoms with van der Waals surface area (Å²) in [5, 5.41) is 1.12. The first-order chi connectivity index (χ1) is 5.38. The highest BCUT2D eigenvalue weighted by Gasteiger charge is 1.94. The van der Waals surface area contributed by atoms with Crippen molar-refractivity contribution in [1.29, 1.82) is 0 Å². The van der Waals surface area contributed by atoms with Crippen LogP contribution in [0.2, 0.25) is 0 Å². The molecule has 0 radical (unpaired) electrons. The molecule has 2 aromatic heterocycles. The standard InChI is InChI=1S/C9H8N2/c1-11-7-3-5-8-4-2-6-10-9(8)11/h2-7H,1H2. The molecule has 0 spiro atoms. The predicted octanol–water partition coefficient (Wildman–Crippen LogP) is 1.16. The second-order valence-electron chi connectivity index (χ2n) is 2.39. The molecule has 0 saturated carbocycles. The van der Waals surface area contributed by atoms with Gasteiger partial charge in [-0.25, -0.2) is 0 Å². The molecule has 0 aliphatic carbocycles. The van der Waals surface area contributed by atoms with Gasteiger partial charge in [-0.2, -0.15) is 0 Å². The van der Waals surface area contributed by atoms with E-state index in [1.54, 1.807) is 10.8 Å². The van der Waals surface area contributed by atoms with Crippen molar-refractivity contribution in [2.24, 2.45) is 0 Å². The average Bonchev–Trinajstić information content (AvgIpc) is 2.06. The van der Waals surface area contributed by atoms with Gasteiger partial charge in [0.1, 0.15) is 6.20 Å². The lowest BCUT2D eigenvalue weighted by Gasteiger charge is -2.00. The van der Waals surface area contributed by atoms with Crippen LogP contribution >= 0.6 is 0 Å². The van der Waals surface area contributed by atoms with E-state index in [1.165, 1.54) is 0 Å². The van der Waals surface area contributed by atoms with Crippen molar-refractivity contribution < 1.29 is 4.57 Å². The van der Waals surface area contributed by atoms with Crippen LogP contribution in [0, 0.1) is 7.05 Å². The molecule has 0 aliphatic heterocycles. The number of nitrogens with zero attached hydrogens (tertiary/aromatic N) is 2. The summed E-state index contributed by atoms with van der Waals surface area (Å²) in [7, 11) is 3.80. The molecule has 2 heterocycles. The van der Waals surface area contributed by atoms with Crippen LogP contribution < -0.4 is 4.57 Å². The molecule has 0 N–H and O–H groups in total. The van der Waals surface area contributed by atoms with E-state index in [4.69, 9.17) is 0 Å². The summed E-state index contributed by atoms with van der Waals surface area (Å²) >= 11 is 0. The van der Waals surface area contributed by atoms with Crippen molar-refractivity contribution in [3.8, 4) is 0 Å². The second-order valence-corrected chi connectivity index (χ2v) is 2.39. The first-order valence-electron chi connectivity index (χ1n) is 3.44. The quantitative estimate of drug-likeness (QED) is 0.400. The van der Waals surface area contributed by atoms with Gasteiger partial charge >= 0.3 is 0 Å². The van der Waals surface area contributed by atoms with Crippen LogP contribution in [0.1, 0.15) is 0 Å². The Bertz CT molecular complexity index is 377. The molecule has 0 unspecified atom stereocenters. The van der Waals surface area contributed by atoms with E-state index < -0.39 is 0 Å². The Balaban J connectivity index is 2.91. The Labute approximate surface area is 65.1 Å². The van der Waals surface area contributed by atoms with Gasteiger partial charge in [-0.15, -0.1) is 4.98 Å². The van der Waals surface area contributed by atoms with Crippen molar-refractivity contribution in [3.63, 3.8) is 0 Å². The summed E-state index contributed by atoms with van der Waals surface area (Å²) < 4.78 is 1.76. The van der Waals surface area contributed by atoms with E-state index in [0.717, 1.165) is 11.0 Å². The minimum atomic E-state index is 0.912. The predicted molar refractivity (Wildman–Crippen MR) is 42.7 cm³/mol. The van der Waals surface area contributed by atoms with Gasteiger partial charge in [-0.3, -0.25) is 0 Å². The van der Waals surface area contributed by atoms with Crippen LogP contribution in [0.3, 0.4) is 0 Å². The van der Waals surface area contributed by atoms with E-state index in [9.17, 15) is 0 Å². The maximum Gasteiger partial charge on any atom is 0.227 e. The highest BCUT2D eigenvalue weighted by molar-refractivity contribution is 5.70. The Morgan fingerprint density at radius 3 is 2.91 bits per heavy atom. The first-order valence-corrected chi connectivity index (χ1v) is 3.44. The number of rotatable bonds is 0. The SMILES string of the molecule is [CH2-][n+]1cccc2cccnc21. The number of aromatic nitrogens is 2. The van der Waals surface area contributed by atoms with Gasteiger partial charge in [0.15, 0.2) is 0 Å². The average molecular weight is 144 g/mol. The molecule has 2 aromatic rings. The van der Waals surface area contributed by atoms with Crippen molar-refractivity contribution in [1.82, 2.24) is 4.98 Å². The van der Waals surface area contributed by atoms with Crippen LogP contribution in [-0.2, 0) is 0 Å². The fourth-order valence-corrected chi connectivity index (χ4v) is 1.10. The smallest absolute Gasteiger partial charge is 0.227 e. The normalized spacial score (nSPS) is 10.2. The highest BCUT2D eigenvalue weighted by Crippen LogP contribution is 2.03. The van der Waals surface area contributed by atoms with Gasteiger partial charge in [-0.1, -0.05) is 18.2 Å². The van der Waals surface area contributed by atoms with Crippen molar-refractivity contribution in [2.45, 2.75) is 0 Å². The number of hydrogen-bond donors (Lipinski definition) is 0. The minimum Gasteiger partial charge on any atom is -0.367 e. The van der Waals surface area contributed by atoms with Crippen molar-refractivity contribution >= 4 is 11.0 Å². The van der Waals surface area contributed by atoms with Crippen molar-refractivity contribution in [2.75, 3.05) is 0 Å². The lowest BCUT2D eigenvalue weighted by atomic mass is 10.3. The largest absolute Gasteiger partial charge is 0.367 e. The molecule has 54 valence electrons. The van der Waals surface area contributed by atoms with Crippen LogP contribution in [0.25, 0.3) is 11.0 Å². The Morgan fingerprint density at radius 1 is 1.27 bits per heavy atom. The molecule has 2 heteroatoms. The molecule has 2 rings (SSSR count). The number of fused-ring (bicyclic) bond motifs is 1. The molecule has 0 amide bonds. The van der Waals surface area contributed by atoms with Crippen LogP contribution in [0.4, 0.5) is 0 Å². The fraction of sp³-hybridized carbons (Fsp3) is 0. The molecule has 0 bridgehead atoms. The summed E-state index contributed by atoms with van der Waals surface area (Å²) in [5.41, 5.74) is 0.912. The van der Waals surface area contributed by atoms with Gasteiger partial charge in [0.25, 0.3) is 0 Å². The highest BCUT2D eigenvalue weighted by atomic mass is 15.0. The summed E-state index contributed by atoms with van der Waals surface area (Å²) in [6.45, 7) is 0. The Kier molecular flexibility index (Phi) is 1.25. The summed E-state index contributed by atoms with van der Waals surface area (Å²) in [4.78, 5) is 4.18. The Morgan fingerprint density at radius 2 is 2.09 bits per heavy atom. The van der Waals surface area contributed by atoms with Crippen LogP contribution in [-0.4, -0.2) is 4.98 Å². The van der Waals surface area contributed by atoms with Gasteiger partial charge in [0.05, 0.1) is 0 Å². The van der Waals surface area contributed by atoms with Gasteiger partial charge in [0.2, 0.25) is 5.65 Å². The molecule has 2 nitrogen and oxygen atoms in total. The lowest BCUT2D eigenvalue weighted by Crippen LogP contribution is -2.26. The molecular formula is C9H8N2. The van der Waals surface area contributed by atoms with E-state index >= 15 is 0 Å². The lowest BCUT2D eigenvalue weighted by molar-refractivity contribution is -0.586. The van der Waals surface area contributed by atoms with E-state index in [1.807, 2.05) is 30.5 Å². The maximum absolute atomic E-state index is 4.18. The fourth-order valence-electron chi connectivity index (χ4n) is 1.10. The zero-order valence-electron chi connectivity index (χ0n) is 6.07. The summed E-state index contributed by atoms with van der Waals surface area (Å²) in [6.07, 6.45) is 3.65. The zero-order chi connectivity index (χ0) is 7.68. The first kappa shape index (κ1) is 6.16. The third-order valence-corrected chi connectivity index (χ3v) is 1.63. The third kappa shape index (κ3) is 0.923. The third-order valence-electron chi connectivity index (χ3n) is 1.63. The molecule has 0 aromatic carbocycles. The molecule has 0 atom stereocenters. The zero-order valence-corrected chi connectivity index (χ0v) is 6.07.